The van der Waals surface area contributed by atoms with Gasteiger partial charge in [-0.3, -0.25) is 23.5 Å². The van der Waals surface area contributed by atoms with Gasteiger partial charge in [0.25, 0.3) is 25.8 Å². The van der Waals surface area contributed by atoms with Gasteiger partial charge in [0.05, 0.1) is 32.3 Å². The molecule has 4 aromatic carbocycles. The summed E-state index contributed by atoms with van der Waals surface area (Å²) < 4.78 is 91.7. The molecule has 46 heavy (non-hydrogen) atoms. The van der Waals surface area contributed by atoms with Gasteiger partial charge in [-0.2, -0.15) is 16.8 Å². The lowest BCUT2D eigenvalue weighted by molar-refractivity contribution is 0.102. The smallest absolute Gasteiger partial charge is 0.296 e. The maximum absolute atomic E-state index is 14.0. The van der Waals surface area contributed by atoms with Crippen molar-refractivity contribution in [1.82, 2.24) is 4.98 Å². The number of rotatable bonds is 7. The van der Waals surface area contributed by atoms with Gasteiger partial charge in [0.15, 0.2) is 21.4 Å². The number of anilines is 2. The molecular weight excluding hydrogens is 661 g/mol. The fourth-order valence-corrected chi connectivity index (χ4v) is 7.31. The molecule has 6 rings (SSSR count). The molecule has 5 aromatic rings. The molecule has 0 radical (unpaired) electrons. The molecule has 0 saturated heterocycles. The summed E-state index contributed by atoms with van der Waals surface area (Å²) in [6, 6.07) is 16.3. The Kier molecular flexibility index (Phi) is 7.10. The van der Waals surface area contributed by atoms with Gasteiger partial charge in [-0.05, 0) is 48.0 Å². The van der Waals surface area contributed by atoms with E-state index in [2.05, 4.69) is 10.3 Å². The van der Waals surface area contributed by atoms with E-state index in [0.717, 1.165) is 36.6 Å². The van der Waals surface area contributed by atoms with Crippen LogP contribution in [0, 0.1) is 0 Å². The highest BCUT2D eigenvalue weighted by Gasteiger charge is 2.34. The zero-order chi connectivity index (χ0) is 33.3. The number of sulfone groups is 1. The summed E-state index contributed by atoms with van der Waals surface area (Å²) in [4.78, 5) is 42.2. The molecule has 0 saturated carbocycles. The van der Waals surface area contributed by atoms with Crippen LogP contribution in [-0.4, -0.2) is 57.2 Å². The van der Waals surface area contributed by atoms with Crippen molar-refractivity contribution in [3.8, 4) is 11.1 Å². The van der Waals surface area contributed by atoms with Crippen molar-refractivity contribution in [3.63, 3.8) is 0 Å². The minimum atomic E-state index is -4.99. The van der Waals surface area contributed by atoms with Crippen molar-refractivity contribution in [2.45, 2.75) is 14.7 Å². The van der Waals surface area contributed by atoms with Crippen molar-refractivity contribution in [1.29, 1.82) is 0 Å². The zero-order valence-electron chi connectivity index (χ0n) is 23.3. The van der Waals surface area contributed by atoms with Gasteiger partial charge in [0.1, 0.15) is 4.90 Å². The van der Waals surface area contributed by atoms with Crippen molar-refractivity contribution >= 4 is 63.9 Å². The molecule has 16 heteroatoms. The third-order valence-electron chi connectivity index (χ3n) is 7.40. The minimum absolute atomic E-state index is 0.0101. The van der Waals surface area contributed by atoms with Crippen LogP contribution in [0.5, 0.6) is 0 Å². The predicted octanol–water partition coefficient (Wildman–Crippen LogP) is 3.61. The average Bonchev–Trinajstić information content (AvgIpc) is 2.98. The van der Waals surface area contributed by atoms with Gasteiger partial charge >= 0.3 is 0 Å². The number of aromatic nitrogens is 1. The Morgan fingerprint density at radius 3 is 2.04 bits per heavy atom. The third-order valence-corrected chi connectivity index (χ3v) is 10.3. The molecule has 0 bridgehead atoms. The van der Waals surface area contributed by atoms with Gasteiger partial charge in [-0.15, -0.1) is 0 Å². The molecule has 13 nitrogen and oxygen atoms in total. The van der Waals surface area contributed by atoms with Crippen LogP contribution in [0.3, 0.4) is 0 Å². The van der Waals surface area contributed by atoms with E-state index in [4.69, 9.17) is 0 Å². The van der Waals surface area contributed by atoms with E-state index in [1.807, 2.05) is 0 Å². The normalized spacial score (nSPS) is 13.0. The van der Waals surface area contributed by atoms with Crippen molar-refractivity contribution in [2.24, 2.45) is 0 Å². The van der Waals surface area contributed by atoms with E-state index in [0.29, 0.717) is 0 Å². The highest BCUT2D eigenvalue weighted by Crippen LogP contribution is 2.44. The molecule has 0 atom stereocenters. The minimum Gasteiger partial charge on any atom is -0.354 e. The van der Waals surface area contributed by atoms with E-state index < -0.39 is 67.4 Å². The lowest BCUT2D eigenvalue weighted by Gasteiger charge is -2.24. The standard InChI is InChI=1S/C30H20N2O11S3/c1-44(36,37)16-9-10-20(23(14-16)46(41,42)43)31-22-12-11-21-25-24(18-7-2-3-8-19(18)29(34)26(22)25)27(30(35)32-21)28(33)15-5-4-6-17(13-15)45(38,39)40/h2-14,31H,1H3,(H,32,35)(H,38,39,40)(H,41,42,43). The lowest BCUT2D eigenvalue weighted by Crippen LogP contribution is -2.24. The molecule has 0 amide bonds. The number of benzene rings is 4. The van der Waals surface area contributed by atoms with Gasteiger partial charge < -0.3 is 10.3 Å². The number of hydrogen-bond donors (Lipinski definition) is 4. The van der Waals surface area contributed by atoms with Gasteiger partial charge in [-0.25, -0.2) is 8.42 Å². The molecule has 1 aliphatic rings. The van der Waals surface area contributed by atoms with Crippen LogP contribution in [0.2, 0.25) is 0 Å². The summed E-state index contributed by atoms with van der Waals surface area (Å²) in [5.41, 5.74) is -1.43. The lowest BCUT2D eigenvalue weighted by atomic mass is 9.80. The largest absolute Gasteiger partial charge is 0.354 e. The summed E-state index contributed by atoms with van der Waals surface area (Å²) in [5.74, 6) is -1.49. The Labute approximate surface area is 261 Å². The SMILES string of the molecule is CS(=O)(=O)c1ccc(Nc2ccc3[nH]c(=O)c(C(=O)c4cccc(S(=O)(=O)O)c4)c4c3c2C(=O)c2ccccc2-4)c(S(=O)(=O)O)c1. The van der Waals surface area contributed by atoms with Crippen LogP contribution < -0.4 is 10.9 Å². The van der Waals surface area contributed by atoms with Crippen molar-refractivity contribution in [2.75, 3.05) is 11.6 Å². The quantitative estimate of drug-likeness (QED) is 0.140. The molecule has 0 fully saturated rings. The molecular formula is C30H20N2O11S3. The number of hydrogen-bond acceptors (Lipinski definition) is 10. The second-order valence-corrected chi connectivity index (χ2v) is 15.2. The highest BCUT2D eigenvalue weighted by molar-refractivity contribution is 7.90. The van der Waals surface area contributed by atoms with Crippen molar-refractivity contribution < 1.29 is 43.9 Å². The zero-order valence-corrected chi connectivity index (χ0v) is 25.7. The summed E-state index contributed by atoms with van der Waals surface area (Å²) in [5, 5.41) is 2.89. The van der Waals surface area contributed by atoms with Gasteiger partial charge in [-0.1, -0.05) is 36.4 Å². The monoisotopic (exact) mass is 680 g/mol. The topological polar surface area (TPSA) is 222 Å². The molecule has 0 spiro atoms. The van der Waals surface area contributed by atoms with Gasteiger partial charge in [0, 0.05) is 33.8 Å². The molecule has 4 N–H and O–H groups in total. The Hall–Kier alpha value is -5.00. The molecule has 0 unspecified atom stereocenters. The van der Waals surface area contributed by atoms with E-state index in [1.54, 1.807) is 12.1 Å². The van der Waals surface area contributed by atoms with E-state index in [-0.39, 0.29) is 50.1 Å². The summed E-state index contributed by atoms with van der Waals surface area (Å²) in [7, 11) is -13.6. The first kappa shape index (κ1) is 31.0. The molecule has 1 aromatic heterocycles. The number of nitrogens with one attached hydrogen (secondary N) is 2. The molecule has 0 aliphatic heterocycles. The predicted molar refractivity (Wildman–Crippen MR) is 166 cm³/mol. The molecule has 234 valence electrons. The maximum atomic E-state index is 14.0. The first-order chi connectivity index (χ1) is 21.5. The van der Waals surface area contributed by atoms with Crippen LogP contribution in [0.4, 0.5) is 11.4 Å². The molecule has 1 aliphatic carbocycles. The first-order valence-corrected chi connectivity index (χ1v) is 17.8. The second-order valence-electron chi connectivity index (χ2n) is 10.4. The molecule has 1 heterocycles. The number of pyridine rings is 1. The Morgan fingerprint density at radius 1 is 0.717 bits per heavy atom. The summed E-state index contributed by atoms with van der Waals surface area (Å²) >= 11 is 0. The second kappa shape index (κ2) is 10.5. The van der Waals surface area contributed by atoms with E-state index in [9.17, 15) is 48.7 Å². The van der Waals surface area contributed by atoms with E-state index >= 15 is 0 Å². The van der Waals surface area contributed by atoms with Crippen LogP contribution >= 0.6 is 0 Å². The van der Waals surface area contributed by atoms with Gasteiger partial charge in [0.2, 0.25) is 0 Å². The Bertz CT molecular complexity index is 2590. The maximum Gasteiger partial charge on any atom is 0.296 e. The number of ketones is 2. The number of fused-ring (bicyclic) bond motifs is 2. The average molecular weight is 681 g/mol. The number of aromatic amines is 1. The third kappa shape index (κ3) is 5.21. The fraction of sp³-hybridized carbons (Fsp3) is 0.0333. The highest BCUT2D eigenvalue weighted by atomic mass is 32.2. The van der Waals surface area contributed by atoms with E-state index in [1.165, 1.54) is 36.4 Å². The summed E-state index contributed by atoms with van der Waals surface area (Å²) in [6.45, 7) is 0. The fourth-order valence-electron chi connectivity index (χ4n) is 5.39. The Balaban J connectivity index is 1.65. The van der Waals surface area contributed by atoms with Crippen LogP contribution in [0.1, 0.15) is 31.8 Å². The van der Waals surface area contributed by atoms with Crippen LogP contribution in [0.25, 0.3) is 22.0 Å². The number of H-pyrrole nitrogens is 1. The number of carbonyl (C=O) groups excluding carboxylic acids is 2. The number of carbonyl (C=O) groups is 2. The first-order valence-electron chi connectivity index (χ1n) is 13.0. The summed E-state index contributed by atoms with van der Waals surface area (Å²) in [6.07, 6.45) is 0.854. The van der Waals surface area contributed by atoms with Crippen LogP contribution in [0.15, 0.2) is 98.3 Å². The van der Waals surface area contributed by atoms with Crippen LogP contribution in [-0.2, 0) is 30.1 Å². The Morgan fingerprint density at radius 2 is 1.39 bits per heavy atom. The van der Waals surface area contributed by atoms with Crippen molar-refractivity contribution in [3.05, 3.63) is 111 Å².